The smallest absolute Gasteiger partial charge is 0.287 e. The summed E-state index contributed by atoms with van der Waals surface area (Å²) in [5, 5.41) is 2.90. The number of hydrogen-bond donors (Lipinski definition) is 1. The Morgan fingerprint density at radius 1 is 1.27 bits per heavy atom. The summed E-state index contributed by atoms with van der Waals surface area (Å²) in [5.74, 6) is 1.46. The summed E-state index contributed by atoms with van der Waals surface area (Å²) in [6.07, 6.45) is 2.33. The molecule has 0 saturated carbocycles. The van der Waals surface area contributed by atoms with Crippen LogP contribution >= 0.6 is 15.9 Å². The average Bonchev–Trinajstić information content (AvgIpc) is 2.94. The fourth-order valence-corrected chi connectivity index (χ4v) is 2.95. The minimum atomic E-state index is -0.253. The highest BCUT2D eigenvalue weighted by atomic mass is 79.9. The van der Waals surface area contributed by atoms with E-state index in [0.717, 1.165) is 22.2 Å². The molecule has 3 rings (SSSR count). The van der Waals surface area contributed by atoms with Crippen molar-refractivity contribution in [1.29, 1.82) is 0 Å². The highest BCUT2D eigenvalue weighted by Gasteiger charge is 2.19. The van der Waals surface area contributed by atoms with Crippen molar-refractivity contribution in [2.75, 3.05) is 13.2 Å². The summed E-state index contributed by atoms with van der Waals surface area (Å²) in [5.41, 5.74) is 0.921. The van der Waals surface area contributed by atoms with Gasteiger partial charge in [-0.25, -0.2) is 0 Å². The number of hydrogen-bond acceptors (Lipinski definition) is 4. The number of carbonyl (C=O) groups is 1. The van der Waals surface area contributed by atoms with Gasteiger partial charge in [0.2, 0.25) is 0 Å². The molecule has 0 bridgehead atoms. The zero-order valence-corrected chi connectivity index (χ0v) is 13.7. The second-order valence-corrected chi connectivity index (χ2v) is 5.90. The van der Waals surface area contributed by atoms with E-state index in [2.05, 4.69) is 21.2 Å². The van der Waals surface area contributed by atoms with Gasteiger partial charge in [-0.1, -0.05) is 15.9 Å². The molecule has 2 heterocycles. The summed E-state index contributed by atoms with van der Waals surface area (Å²) in [6.45, 7) is 3.18. The van der Waals surface area contributed by atoms with E-state index in [1.54, 1.807) is 12.1 Å². The molecule has 2 aromatic rings. The normalized spacial score (nSPS) is 15.0. The van der Waals surface area contributed by atoms with Crippen LogP contribution in [0.4, 0.5) is 0 Å². The first kappa shape index (κ1) is 15.0. The zero-order valence-electron chi connectivity index (χ0n) is 12.1. The maximum absolute atomic E-state index is 12.1. The van der Waals surface area contributed by atoms with Gasteiger partial charge in [-0.05, 0) is 36.8 Å². The third-order valence-corrected chi connectivity index (χ3v) is 4.11. The molecule has 0 fully saturated rings. The Hall–Kier alpha value is -1.95. The van der Waals surface area contributed by atoms with Gasteiger partial charge in [0.15, 0.2) is 17.3 Å². The molecule has 6 heteroatoms. The number of ether oxygens (including phenoxy) is 2. The second-order valence-electron chi connectivity index (χ2n) is 5.04. The number of fused-ring (bicyclic) bond motifs is 1. The minimum Gasteiger partial charge on any atom is -0.490 e. The van der Waals surface area contributed by atoms with E-state index >= 15 is 0 Å². The quantitative estimate of drug-likeness (QED) is 0.900. The topological polar surface area (TPSA) is 60.7 Å². The predicted octanol–water partition coefficient (Wildman–Crippen LogP) is 3.69. The van der Waals surface area contributed by atoms with Crippen LogP contribution in [0.3, 0.4) is 0 Å². The molecule has 0 saturated heterocycles. The molecule has 0 aliphatic carbocycles. The van der Waals surface area contributed by atoms with Crippen molar-refractivity contribution >= 4 is 21.8 Å². The highest BCUT2D eigenvalue weighted by Crippen LogP contribution is 2.37. The number of amides is 1. The number of carbonyl (C=O) groups excluding carboxylic acids is 1. The third kappa shape index (κ3) is 3.11. The molecule has 5 nitrogen and oxygen atoms in total. The monoisotopic (exact) mass is 365 g/mol. The first-order valence-electron chi connectivity index (χ1n) is 7.08. The third-order valence-electron chi connectivity index (χ3n) is 3.43. The Morgan fingerprint density at radius 3 is 2.68 bits per heavy atom. The fraction of sp³-hybridized carbons (Fsp3) is 0.312. The second kappa shape index (κ2) is 6.44. The van der Waals surface area contributed by atoms with Crippen molar-refractivity contribution in [3.05, 3.63) is 46.3 Å². The lowest BCUT2D eigenvalue weighted by Gasteiger charge is -2.17. The van der Waals surface area contributed by atoms with Crippen LogP contribution in [0.15, 0.2) is 39.4 Å². The van der Waals surface area contributed by atoms with E-state index in [0.29, 0.717) is 19.0 Å². The van der Waals surface area contributed by atoms with Crippen LogP contribution in [-0.4, -0.2) is 19.1 Å². The van der Waals surface area contributed by atoms with Crippen LogP contribution in [0.1, 0.15) is 35.5 Å². The first-order chi connectivity index (χ1) is 10.6. The molecule has 1 aromatic heterocycles. The first-order valence-corrected chi connectivity index (χ1v) is 7.88. The molecule has 22 heavy (non-hydrogen) atoms. The summed E-state index contributed by atoms with van der Waals surface area (Å²) in [4.78, 5) is 12.1. The SMILES string of the molecule is CC(NC(=O)c1ccco1)c1cc2c(cc1Br)OCCCO2. The Bertz CT molecular complexity index is 669. The van der Waals surface area contributed by atoms with Crippen LogP contribution in [0.5, 0.6) is 11.5 Å². The molecular weight excluding hydrogens is 350 g/mol. The maximum Gasteiger partial charge on any atom is 0.287 e. The van der Waals surface area contributed by atoms with Gasteiger partial charge in [-0.2, -0.15) is 0 Å². The van der Waals surface area contributed by atoms with E-state index in [1.807, 2.05) is 19.1 Å². The lowest BCUT2D eigenvalue weighted by atomic mass is 10.1. The number of rotatable bonds is 3. The molecule has 0 spiro atoms. The molecule has 1 aliphatic heterocycles. The van der Waals surface area contributed by atoms with Gasteiger partial charge in [0, 0.05) is 10.9 Å². The summed E-state index contributed by atoms with van der Waals surface area (Å²) in [6, 6.07) is 6.89. The van der Waals surface area contributed by atoms with Crippen molar-refractivity contribution in [3.63, 3.8) is 0 Å². The van der Waals surface area contributed by atoms with E-state index in [-0.39, 0.29) is 17.7 Å². The number of halogens is 1. The van der Waals surface area contributed by atoms with Gasteiger partial charge < -0.3 is 19.2 Å². The van der Waals surface area contributed by atoms with Crippen LogP contribution in [0.25, 0.3) is 0 Å². The molecule has 0 radical (unpaired) electrons. The Kier molecular flexibility index (Phi) is 4.38. The van der Waals surface area contributed by atoms with Crippen LogP contribution in [-0.2, 0) is 0 Å². The predicted molar refractivity (Wildman–Crippen MR) is 84.3 cm³/mol. The van der Waals surface area contributed by atoms with Gasteiger partial charge in [0.05, 0.1) is 25.5 Å². The Morgan fingerprint density at radius 2 is 2.00 bits per heavy atom. The Balaban J connectivity index is 1.81. The highest BCUT2D eigenvalue weighted by molar-refractivity contribution is 9.10. The van der Waals surface area contributed by atoms with Crippen molar-refractivity contribution in [2.24, 2.45) is 0 Å². The minimum absolute atomic E-state index is 0.205. The number of benzene rings is 1. The van der Waals surface area contributed by atoms with Crippen molar-refractivity contribution in [2.45, 2.75) is 19.4 Å². The van der Waals surface area contributed by atoms with Crippen LogP contribution < -0.4 is 14.8 Å². The molecule has 1 N–H and O–H groups in total. The van der Waals surface area contributed by atoms with Crippen LogP contribution in [0.2, 0.25) is 0 Å². The maximum atomic E-state index is 12.1. The van der Waals surface area contributed by atoms with E-state index in [4.69, 9.17) is 13.9 Å². The molecule has 116 valence electrons. The van der Waals surface area contributed by atoms with E-state index in [9.17, 15) is 4.79 Å². The standard InChI is InChI=1S/C16H16BrNO4/c1-10(18-16(19)13-4-2-5-20-13)11-8-14-15(9-12(11)17)22-7-3-6-21-14/h2,4-5,8-10H,3,6-7H2,1H3,(H,18,19). The lowest BCUT2D eigenvalue weighted by Crippen LogP contribution is -2.26. The summed E-state index contributed by atoms with van der Waals surface area (Å²) < 4.78 is 17.3. The van der Waals surface area contributed by atoms with Gasteiger partial charge in [0.25, 0.3) is 5.91 Å². The summed E-state index contributed by atoms with van der Waals surface area (Å²) in [7, 11) is 0. The fourth-order valence-electron chi connectivity index (χ4n) is 2.28. The van der Waals surface area contributed by atoms with Gasteiger partial charge >= 0.3 is 0 Å². The Labute approximate surface area is 136 Å². The molecular formula is C16H16BrNO4. The van der Waals surface area contributed by atoms with E-state index < -0.39 is 0 Å². The van der Waals surface area contributed by atoms with Crippen molar-refractivity contribution in [3.8, 4) is 11.5 Å². The number of nitrogens with one attached hydrogen (secondary N) is 1. The van der Waals surface area contributed by atoms with Gasteiger partial charge in [-0.3, -0.25) is 4.79 Å². The zero-order chi connectivity index (χ0) is 15.5. The van der Waals surface area contributed by atoms with E-state index in [1.165, 1.54) is 6.26 Å². The largest absolute Gasteiger partial charge is 0.490 e. The summed E-state index contributed by atoms with van der Waals surface area (Å²) >= 11 is 3.53. The van der Waals surface area contributed by atoms with Crippen LogP contribution in [0, 0.1) is 0 Å². The molecule has 1 aliphatic rings. The molecule has 1 atom stereocenters. The van der Waals surface area contributed by atoms with Gasteiger partial charge in [0.1, 0.15) is 0 Å². The molecule has 1 amide bonds. The van der Waals surface area contributed by atoms with Crippen molar-refractivity contribution < 1.29 is 18.7 Å². The number of furan rings is 1. The average molecular weight is 366 g/mol. The molecule has 1 aromatic carbocycles. The lowest BCUT2D eigenvalue weighted by molar-refractivity contribution is 0.0911. The van der Waals surface area contributed by atoms with Crippen molar-refractivity contribution in [1.82, 2.24) is 5.32 Å². The van der Waals surface area contributed by atoms with Gasteiger partial charge in [-0.15, -0.1) is 0 Å². The molecule has 1 unspecified atom stereocenters.